The molecule has 3 aromatic rings. The summed E-state index contributed by atoms with van der Waals surface area (Å²) in [7, 11) is 0. The van der Waals surface area contributed by atoms with Crippen LogP contribution in [0.15, 0.2) is 53.5 Å². The summed E-state index contributed by atoms with van der Waals surface area (Å²) in [6.07, 6.45) is 1.53. The Bertz CT molecular complexity index is 1110. The number of halogens is 4. The molecule has 2 heterocycles. The Morgan fingerprint density at radius 2 is 1.86 bits per heavy atom. The van der Waals surface area contributed by atoms with Crippen LogP contribution in [0.3, 0.4) is 0 Å². The van der Waals surface area contributed by atoms with E-state index in [9.17, 15) is 13.6 Å². The normalized spacial score (nSPS) is 18.8. The van der Waals surface area contributed by atoms with Gasteiger partial charge in [-0.3, -0.25) is 4.79 Å². The van der Waals surface area contributed by atoms with Crippen LogP contribution in [-0.4, -0.2) is 22.4 Å². The standard InChI is InChI=1S/C20H15Cl2F2N3O2/c21-12-2-4-13(5-3-12)27-20(28)18(22)17(10-25-27)26-16-7-8-29-19(16)11-1-6-14(23)15(24)9-11/h1-6,9-10,16,19,26H,7-8H2. The molecule has 1 N–H and O–H groups in total. The van der Waals surface area contributed by atoms with Crippen LogP contribution in [0.1, 0.15) is 18.1 Å². The van der Waals surface area contributed by atoms with E-state index in [0.29, 0.717) is 35.0 Å². The van der Waals surface area contributed by atoms with Gasteiger partial charge in [0.15, 0.2) is 11.6 Å². The van der Waals surface area contributed by atoms with E-state index in [-0.39, 0.29) is 11.1 Å². The molecular formula is C20H15Cl2F2N3O2. The number of nitrogens with one attached hydrogen (secondary N) is 1. The van der Waals surface area contributed by atoms with Crippen LogP contribution >= 0.6 is 23.2 Å². The second-order valence-corrected chi connectivity index (χ2v) is 7.38. The van der Waals surface area contributed by atoms with E-state index < -0.39 is 23.3 Å². The number of anilines is 1. The fraction of sp³-hybridized carbons (Fsp3) is 0.200. The van der Waals surface area contributed by atoms with E-state index in [2.05, 4.69) is 10.4 Å². The lowest BCUT2D eigenvalue weighted by Crippen LogP contribution is -2.27. The van der Waals surface area contributed by atoms with Gasteiger partial charge in [-0.2, -0.15) is 9.78 Å². The summed E-state index contributed by atoms with van der Waals surface area (Å²) >= 11 is 12.2. The summed E-state index contributed by atoms with van der Waals surface area (Å²) in [5, 5.41) is 7.82. The molecule has 0 saturated carbocycles. The third-order valence-electron chi connectivity index (χ3n) is 4.69. The molecule has 2 aromatic carbocycles. The van der Waals surface area contributed by atoms with Crippen LogP contribution in [0.4, 0.5) is 14.5 Å². The molecule has 0 spiro atoms. The van der Waals surface area contributed by atoms with Gasteiger partial charge in [0, 0.05) is 11.6 Å². The summed E-state index contributed by atoms with van der Waals surface area (Å²) in [6.45, 7) is 0.425. The van der Waals surface area contributed by atoms with Crippen molar-refractivity contribution in [2.45, 2.75) is 18.6 Å². The SMILES string of the molecule is O=c1c(Cl)c(NC2CCOC2c2ccc(F)c(F)c2)cnn1-c1ccc(Cl)cc1. The van der Waals surface area contributed by atoms with E-state index in [0.717, 1.165) is 12.1 Å². The molecule has 2 unspecified atom stereocenters. The number of rotatable bonds is 4. The highest BCUT2D eigenvalue weighted by molar-refractivity contribution is 6.33. The number of ether oxygens (including phenoxy) is 1. The van der Waals surface area contributed by atoms with Crippen molar-refractivity contribution in [2.75, 3.05) is 11.9 Å². The number of hydrogen-bond donors (Lipinski definition) is 1. The Balaban J connectivity index is 1.60. The summed E-state index contributed by atoms with van der Waals surface area (Å²) < 4.78 is 33.7. The van der Waals surface area contributed by atoms with Gasteiger partial charge < -0.3 is 10.1 Å². The van der Waals surface area contributed by atoms with E-state index in [1.165, 1.54) is 16.9 Å². The third-order valence-corrected chi connectivity index (χ3v) is 5.31. The lowest BCUT2D eigenvalue weighted by molar-refractivity contribution is 0.107. The van der Waals surface area contributed by atoms with E-state index >= 15 is 0 Å². The number of benzene rings is 2. The fourth-order valence-electron chi connectivity index (χ4n) is 3.25. The molecule has 5 nitrogen and oxygen atoms in total. The molecule has 29 heavy (non-hydrogen) atoms. The van der Waals surface area contributed by atoms with Crippen LogP contribution in [0, 0.1) is 11.6 Å². The van der Waals surface area contributed by atoms with E-state index in [1.54, 1.807) is 24.3 Å². The molecule has 1 aliphatic rings. The highest BCUT2D eigenvalue weighted by Gasteiger charge is 2.31. The van der Waals surface area contributed by atoms with Crippen molar-refractivity contribution in [3.63, 3.8) is 0 Å². The average molecular weight is 438 g/mol. The molecule has 1 aliphatic heterocycles. The number of hydrogen-bond acceptors (Lipinski definition) is 4. The highest BCUT2D eigenvalue weighted by atomic mass is 35.5. The van der Waals surface area contributed by atoms with Crippen molar-refractivity contribution < 1.29 is 13.5 Å². The van der Waals surface area contributed by atoms with Crippen LogP contribution in [0.25, 0.3) is 5.69 Å². The number of nitrogens with zero attached hydrogens (tertiary/aromatic N) is 2. The Morgan fingerprint density at radius 3 is 2.59 bits per heavy atom. The molecule has 0 bridgehead atoms. The Labute approximate surface area is 174 Å². The largest absolute Gasteiger partial charge is 0.377 e. The molecule has 4 rings (SSSR count). The first-order chi connectivity index (χ1) is 13.9. The molecule has 0 aliphatic carbocycles. The highest BCUT2D eigenvalue weighted by Crippen LogP contribution is 2.33. The predicted octanol–water partition coefficient (Wildman–Crippen LogP) is 4.76. The predicted molar refractivity (Wildman–Crippen MR) is 107 cm³/mol. The Morgan fingerprint density at radius 1 is 1.10 bits per heavy atom. The molecule has 9 heteroatoms. The number of aromatic nitrogens is 2. The van der Waals surface area contributed by atoms with Crippen molar-refractivity contribution in [3.05, 3.63) is 86.3 Å². The van der Waals surface area contributed by atoms with Crippen molar-refractivity contribution >= 4 is 28.9 Å². The van der Waals surface area contributed by atoms with Gasteiger partial charge in [0.05, 0.1) is 23.6 Å². The zero-order valence-corrected chi connectivity index (χ0v) is 16.4. The zero-order valence-electron chi connectivity index (χ0n) is 14.9. The maximum atomic E-state index is 13.6. The van der Waals surface area contributed by atoms with Gasteiger partial charge in [-0.15, -0.1) is 0 Å². The van der Waals surface area contributed by atoms with Crippen molar-refractivity contribution in [1.29, 1.82) is 0 Å². The molecule has 1 fully saturated rings. The third kappa shape index (κ3) is 3.99. The first kappa shape index (κ1) is 19.8. The van der Waals surface area contributed by atoms with E-state index in [4.69, 9.17) is 27.9 Å². The summed E-state index contributed by atoms with van der Waals surface area (Å²) in [5.41, 5.74) is 0.862. The van der Waals surface area contributed by atoms with Gasteiger partial charge >= 0.3 is 0 Å². The maximum Gasteiger partial charge on any atom is 0.292 e. The van der Waals surface area contributed by atoms with Gasteiger partial charge in [0.2, 0.25) is 0 Å². The quantitative estimate of drug-likeness (QED) is 0.639. The van der Waals surface area contributed by atoms with Crippen LogP contribution in [-0.2, 0) is 4.74 Å². The van der Waals surface area contributed by atoms with Gasteiger partial charge in [-0.25, -0.2) is 8.78 Å². The minimum absolute atomic E-state index is 0.0362. The second kappa shape index (κ2) is 8.10. The van der Waals surface area contributed by atoms with Gasteiger partial charge in [-0.1, -0.05) is 29.3 Å². The van der Waals surface area contributed by atoms with Crippen molar-refractivity contribution in [1.82, 2.24) is 9.78 Å². The minimum Gasteiger partial charge on any atom is -0.377 e. The minimum atomic E-state index is -0.943. The maximum absolute atomic E-state index is 13.6. The first-order valence-electron chi connectivity index (χ1n) is 8.81. The molecule has 2 atom stereocenters. The molecule has 0 radical (unpaired) electrons. The molecule has 1 aromatic heterocycles. The molecule has 1 saturated heterocycles. The molecular weight excluding hydrogens is 423 g/mol. The summed E-state index contributed by atoms with van der Waals surface area (Å²) in [4.78, 5) is 12.7. The topological polar surface area (TPSA) is 56.1 Å². The molecule has 0 amide bonds. The second-order valence-electron chi connectivity index (χ2n) is 6.57. The Kier molecular flexibility index (Phi) is 5.54. The lowest BCUT2D eigenvalue weighted by Gasteiger charge is -2.22. The smallest absolute Gasteiger partial charge is 0.292 e. The van der Waals surface area contributed by atoms with Gasteiger partial charge in [-0.05, 0) is 48.4 Å². The summed E-state index contributed by atoms with van der Waals surface area (Å²) in [5.74, 6) is -1.86. The van der Waals surface area contributed by atoms with Gasteiger partial charge in [0.25, 0.3) is 5.56 Å². The van der Waals surface area contributed by atoms with Crippen LogP contribution < -0.4 is 10.9 Å². The van der Waals surface area contributed by atoms with Crippen LogP contribution in [0.2, 0.25) is 10.0 Å². The first-order valence-corrected chi connectivity index (χ1v) is 9.56. The van der Waals surface area contributed by atoms with Crippen molar-refractivity contribution in [3.8, 4) is 5.69 Å². The van der Waals surface area contributed by atoms with Crippen LogP contribution in [0.5, 0.6) is 0 Å². The fourth-order valence-corrected chi connectivity index (χ4v) is 3.56. The van der Waals surface area contributed by atoms with Gasteiger partial charge in [0.1, 0.15) is 11.1 Å². The summed E-state index contributed by atoms with van der Waals surface area (Å²) in [6, 6.07) is 9.96. The Hall–Kier alpha value is -2.48. The monoisotopic (exact) mass is 437 g/mol. The van der Waals surface area contributed by atoms with E-state index in [1.807, 2.05) is 0 Å². The molecule has 150 valence electrons. The van der Waals surface area contributed by atoms with Crippen molar-refractivity contribution in [2.24, 2.45) is 0 Å². The average Bonchev–Trinajstić information content (AvgIpc) is 3.17. The zero-order chi connectivity index (χ0) is 20.5. The lowest BCUT2D eigenvalue weighted by atomic mass is 10.0.